The number of benzene rings is 2. The molecule has 5 rings (SSSR count). The van der Waals surface area contributed by atoms with Crippen molar-refractivity contribution in [3.05, 3.63) is 59.7 Å². The number of ether oxygens (including phenoxy) is 2. The Bertz CT molecular complexity index is 1070. The number of likely N-dealkylation sites (tertiary alicyclic amines) is 1. The van der Waals surface area contributed by atoms with Gasteiger partial charge in [-0.15, -0.1) is 0 Å². The van der Waals surface area contributed by atoms with E-state index < -0.39 is 0 Å². The van der Waals surface area contributed by atoms with E-state index in [2.05, 4.69) is 10.1 Å². The van der Waals surface area contributed by atoms with Gasteiger partial charge in [0.1, 0.15) is 19.0 Å². The van der Waals surface area contributed by atoms with Crippen molar-refractivity contribution in [1.82, 2.24) is 15.0 Å². The van der Waals surface area contributed by atoms with Crippen LogP contribution in [0.5, 0.6) is 11.5 Å². The number of halogens is 1. The molecule has 1 amide bonds. The molecule has 30 heavy (non-hydrogen) atoms. The van der Waals surface area contributed by atoms with E-state index in [-0.39, 0.29) is 17.6 Å². The van der Waals surface area contributed by atoms with E-state index in [1.165, 1.54) is 12.1 Å². The monoisotopic (exact) mass is 409 g/mol. The Morgan fingerprint density at radius 2 is 1.93 bits per heavy atom. The average molecular weight is 409 g/mol. The van der Waals surface area contributed by atoms with Crippen molar-refractivity contribution in [2.24, 2.45) is 0 Å². The summed E-state index contributed by atoms with van der Waals surface area (Å²) in [5.74, 6) is 1.54. The number of carbonyl (C=O) groups excluding carboxylic acids is 1. The standard InChI is InChI=1S/C22H20FN3O4/c23-16-8-6-14(7-9-16)20-24-21(30-25-20)15-3-2-10-26(13-15)22(27)17-4-1-5-18-19(17)29-12-11-28-18/h1,4-9,15H,2-3,10-13H2. The second-order valence-corrected chi connectivity index (χ2v) is 7.38. The summed E-state index contributed by atoms with van der Waals surface area (Å²) in [4.78, 5) is 19.5. The molecule has 2 aliphatic rings. The van der Waals surface area contributed by atoms with Crippen molar-refractivity contribution in [1.29, 1.82) is 0 Å². The van der Waals surface area contributed by atoms with Gasteiger partial charge in [-0.1, -0.05) is 11.2 Å². The molecule has 1 fully saturated rings. The van der Waals surface area contributed by atoms with E-state index in [1.54, 1.807) is 35.2 Å². The zero-order chi connectivity index (χ0) is 20.5. The summed E-state index contributed by atoms with van der Waals surface area (Å²) in [6, 6.07) is 11.3. The van der Waals surface area contributed by atoms with Crippen molar-refractivity contribution in [2.75, 3.05) is 26.3 Å². The maximum Gasteiger partial charge on any atom is 0.257 e. The van der Waals surface area contributed by atoms with Gasteiger partial charge in [-0.2, -0.15) is 4.98 Å². The van der Waals surface area contributed by atoms with Crippen LogP contribution in [0.25, 0.3) is 11.4 Å². The number of amides is 1. The highest BCUT2D eigenvalue weighted by Crippen LogP contribution is 2.35. The molecular weight excluding hydrogens is 389 g/mol. The number of rotatable bonds is 3. The van der Waals surface area contributed by atoms with Crippen molar-refractivity contribution in [3.63, 3.8) is 0 Å². The lowest BCUT2D eigenvalue weighted by Crippen LogP contribution is -2.39. The molecule has 2 aromatic carbocycles. The van der Waals surface area contributed by atoms with E-state index >= 15 is 0 Å². The maximum atomic E-state index is 13.2. The van der Waals surface area contributed by atoms with Gasteiger partial charge in [0.15, 0.2) is 11.5 Å². The minimum absolute atomic E-state index is 0.0545. The van der Waals surface area contributed by atoms with Gasteiger partial charge >= 0.3 is 0 Å². The maximum absolute atomic E-state index is 13.2. The molecule has 0 aliphatic carbocycles. The fourth-order valence-corrected chi connectivity index (χ4v) is 3.89. The van der Waals surface area contributed by atoms with Crippen LogP contribution in [0.2, 0.25) is 0 Å². The molecule has 0 radical (unpaired) electrons. The molecule has 1 saturated heterocycles. The third-order valence-electron chi connectivity index (χ3n) is 5.40. The summed E-state index contributed by atoms with van der Waals surface area (Å²) in [5, 5.41) is 4.03. The second kappa shape index (κ2) is 7.78. The molecule has 154 valence electrons. The van der Waals surface area contributed by atoms with Crippen LogP contribution in [0.1, 0.15) is 35.0 Å². The molecule has 3 aromatic rings. The number of nitrogens with zero attached hydrogens (tertiary/aromatic N) is 3. The first-order chi connectivity index (χ1) is 14.7. The van der Waals surface area contributed by atoms with E-state index in [1.807, 2.05) is 0 Å². The molecule has 7 nitrogen and oxygen atoms in total. The van der Waals surface area contributed by atoms with Crippen molar-refractivity contribution in [3.8, 4) is 22.9 Å². The van der Waals surface area contributed by atoms with Crippen LogP contribution in [0.4, 0.5) is 4.39 Å². The number of fused-ring (bicyclic) bond motifs is 1. The fraction of sp³-hybridized carbons (Fsp3) is 0.318. The van der Waals surface area contributed by atoms with Crippen LogP contribution in [0, 0.1) is 5.82 Å². The number of para-hydroxylation sites is 1. The Morgan fingerprint density at radius 1 is 1.10 bits per heavy atom. The van der Waals surface area contributed by atoms with Crippen molar-refractivity contribution >= 4 is 5.91 Å². The molecular formula is C22H20FN3O4. The van der Waals surface area contributed by atoms with E-state index in [9.17, 15) is 9.18 Å². The number of carbonyl (C=O) groups is 1. The van der Waals surface area contributed by atoms with Gasteiger partial charge < -0.3 is 18.9 Å². The summed E-state index contributed by atoms with van der Waals surface area (Å²) < 4.78 is 29.9. The lowest BCUT2D eigenvalue weighted by atomic mass is 9.97. The van der Waals surface area contributed by atoms with Crippen LogP contribution in [-0.2, 0) is 0 Å². The summed E-state index contributed by atoms with van der Waals surface area (Å²) >= 11 is 0. The topological polar surface area (TPSA) is 77.7 Å². The van der Waals surface area contributed by atoms with Crippen LogP contribution in [0.3, 0.4) is 0 Å². The normalized spacial score (nSPS) is 18.3. The zero-order valence-corrected chi connectivity index (χ0v) is 16.2. The molecule has 0 spiro atoms. The van der Waals surface area contributed by atoms with Gasteiger partial charge in [-0.3, -0.25) is 4.79 Å². The lowest BCUT2D eigenvalue weighted by molar-refractivity contribution is 0.0685. The molecule has 0 saturated carbocycles. The van der Waals surface area contributed by atoms with Crippen LogP contribution >= 0.6 is 0 Å². The Hall–Kier alpha value is -3.42. The fourth-order valence-electron chi connectivity index (χ4n) is 3.89. The number of piperidine rings is 1. The van der Waals surface area contributed by atoms with Gasteiger partial charge in [0.2, 0.25) is 11.7 Å². The molecule has 0 bridgehead atoms. The highest BCUT2D eigenvalue weighted by Gasteiger charge is 2.31. The quantitative estimate of drug-likeness (QED) is 0.657. The SMILES string of the molecule is O=C(c1cccc2c1OCCO2)N1CCCC(c2nc(-c3ccc(F)cc3)no2)C1. The molecule has 8 heteroatoms. The summed E-state index contributed by atoms with van der Waals surface area (Å²) in [5.41, 5.74) is 1.19. The highest BCUT2D eigenvalue weighted by atomic mass is 19.1. The van der Waals surface area contributed by atoms with Gasteiger partial charge in [-0.05, 0) is 49.2 Å². The van der Waals surface area contributed by atoms with Crippen molar-refractivity contribution in [2.45, 2.75) is 18.8 Å². The van der Waals surface area contributed by atoms with E-state index in [0.717, 1.165) is 12.8 Å². The minimum atomic E-state index is -0.318. The second-order valence-electron chi connectivity index (χ2n) is 7.38. The number of hydrogen-bond acceptors (Lipinski definition) is 6. The Kier molecular flexibility index (Phi) is 4.82. The Morgan fingerprint density at radius 3 is 2.80 bits per heavy atom. The largest absolute Gasteiger partial charge is 0.486 e. The molecule has 1 unspecified atom stereocenters. The third kappa shape index (κ3) is 3.49. The molecule has 2 aliphatic heterocycles. The van der Waals surface area contributed by atoms with Crippen LogP contribution in [0.15, 0.2) is 47.0 Å². The third-order valence-corrected chi connectivity index (χ3v) is 5.40. The summed E-state index contributed by atoms with van der Waals surface area (Å²) in [6.07, 6.45) is 1.68. The lowest BCUT2D eigenvalue weighted by Gasteiger charge is -2.32. The predicted molar refractivity (Wildman–Crippen MR) is 105 cm³/mol. The van der Waals surface area contributed by atoms with Gasteiger partial charge in [0.25, 0.3) is 5.91 Å². The summed E-state index contributed by atoms with van der Waals surface area (Å²) in [7, 11) is 0. The van der Waals surface area contributed by atoms with E-state index in [0.29, 0.717) is 60.6 Å². The predicted octanol–water partition coefficient (Wildman–Crippen LogP) is 3.67. The van der Waals surface area contributed by atoms with Crippen molar-refractivity contribution < 1.29 is 23.2 Å². The first-order valence-electron chi connectivity index (χ1n) is 9.96. The van der Waals surface area contributed by atoms with Gasteiger partial charge in [-0.25, -0.2) is 4.39 Å². The first-order valence-corrected chi connectivity index (χ1v) is 9.96. The highest BCUT2D eigenvalue weighted by molar-refractivity contribution is 5.98. The van der Waals surface area contributed by atoms with Crippen LogP contribution < -0.4 is 9.47 Å². The van der Waals surface area contributed by atoms with Gasteiger partial charge in [0.05, 0.1) is 11.5 Å². The molecule has 3 heterocycles. The zero-order valence-electron chi connectivity index (χ0n) is 16.2. The van der Waals surface area contributed by atoms with Crippen LogP contribution in [-0.4, -0.2) is 47.3 Å². The number of aromatic nitrogens is 2. The Balaban J connectivity index is 1.34. The smallest absolute Gasteiger partial charge is 0.257 e. The molecule has 1 aromatic heterocycles. The Labute approximate surface area is 172 Å². The number of hydrogen-bond donors (Lipinski definition) is 0. The summed E-state index contributed by atoms with van der Waals surface area (Å²) in [6.45, 7) is 2.03. The van der Waals surface area contributed by atoms with Gasteiger partial charge in [0, 0.05) is 18.7 Å². The average Bonchev–Trinajstić information content (AvgIpc) is 3.29. The first kappa shape index (κ1) is 18.6. The molecule has 1 atom stereocenters. The minimum Gasteiger partial charge on any atom is -0.486 e. The molecule has 0 N–H and O–H groups in total. The van der Waals surface area contributed by atoms with E-state index in [4.69, 9.17) is 14.0 Å².